The van der Waals surface area contributed by atoms with Crippen molar-refractivity contribution in [3.8, 4) is 0 Å². The third kappa shape index (κ3) is 3.98. The molecule has 0 aliphatic carbocycles. The Morgan fingerprint density at radius 2 is 2.05 bits per heavy atom. The summed E-state index contributed by atoms with van der Waals surface area (Å²) in [4.78, 5) is 14.9. The quantitative estimate of drug-likeness (QED) is 0.923. The average molecular weight is 309 g/mol. The highest BCUT2D eigenvalue weighted by atomic mass is 35.5. The van der Waals surface area contributed by atoms with Gasteiger partial charge in [-0.05, 0) is 70.3 Å². The van der Waals surface area contributed by atoms with Gasteiger partial charge in [0.1, 0.15) is 0 Å². The van der Waals surface area contributed by atoms with Gasteiger partial charge < -0.3 is 10.2 Å². The van der Waals surface area contributed by atoms with Crippen molar-refractivity contribution in [3.05, 3.63) is 34.3 Å². The maximum absolute atomic E-state index is 12.9. The Morgan fingerprint density at radius 1 is 1.38 bits per heavy atom. The Morgan fingerprint density at radius 3 is 2.67 bits per heavy atom. The number of amides is 1. The normalized spacial score (nSPS) is 16.2. The Labute approximate surface area is 132 Å². The van der Waals surface area contributed by atoms with Gasteiger partial charge in [-0.3, -0.25) is 4.79 Å². The van der Waals surface area contributed by atoms with Crippen LogP contribution in [0.1, 0.15) is 42.6 Å². The standard InChI is InChI=1S/C17H25ClN2O/c1-12(2)20(11-14-7-9-19-10-8-14)17(21)15-5-4-6-16(18)13(15)3/h4-6,12,14,19H,7-11H2,1-3H3. The third-order valence-corrected chi connectivity index (χ3v) is 4.71. The Balaban J connectivity index is 2.17. The predicted molar refractivity (Wildman–Crippen MR) is 88.0 cm³/mol. The van der Waals surface area contributed by atoms with Gasteiger partial charge in [0.2, 0.25) is 0 Å². The van der Waals surface area contributed by atoms with E-state index in [1.165, 1.54) is 0 Å². The van der Waals surface area contributed by atoms with Crippen molar-refractivity contribution in [3.63, 3.8) is 0 Å². The van der Waals surface area contributed by atoms with Crippen LogP contribution in [0.2, 0.25) is 5.02 Å². The summed E-state index contributed by atoms with van der Waals surface area (Å²) < 4.78 is 0. The van der Waals surface area contributed by atoms with Crippen molar-refractivity contribution < 1.29 is 4.79 Å². The number of carbonyl (C=O) groups is 1. The number of piperidine rings is 1. The molecule has 1 amide bonds. The molecule has 2 rings (SSSR count). The molecular weight excluding hydrogens is 284 g/mol. The molecule has 1 N–H and O–H groups in total. The van der Waals surface area contributed by atoms with E-state index < -0.39 is 0 Å². The zero-order valence-corrected chi connectivity index (χ0v) is 13.9. The molecule has 1 aliphatic rings. The number of rotatable bonds is 4. The van der Waals surface area contributed by atoms with Crippen molar-refractivity contribution in [1.82, 2.24) is 10.2 Å². The van der Waals surface area contributed by atoms with Gasteiger partial charge in [0.15, 0.2) is 0 Å². The molecule has 21 heavy (non-hydrogen) atoms. The minimum atomic E-state index is 0.100. The molecule has 0 spiro atoms. The van der Waals surface area contributed by atoms with E-state index in [2.05, 4.69) is 19.2 Å². The van der Waals surface area contributed by atoms with E-state index in [0.29, 0.717) is 10.9 Å². The van der Waals surface area contributed by atoms with Crippen LogP contribution in [-0.2, 0) is 0 Å². The van der Waals surface area contributed by atoms with Gasteiger partial charge in [0.25, 0.3) is 5.91 Å². The predicted octanol–water partition coefficient (Wildman–Crippen LogP) is 3.50. The molecule has 0 unspecified atom stereocenters. The molecule has 1 heterocycles. The molecule has 1 aromatic carbocycles. The fraction of sp³-hybridized carbons (Fsp3) is 0.588. The van der Waals surface area contributed by atoms with Gasteiger partial charge in [-0.2, -0.15) is 0 Å². The molecule has 0 atom stereocenters. The van der Waals surface area contributed by atoms with E-state index in [9.17, 15) is 4.79 Å². The van der Waals surface area contributed by atoms with E-state index >= 15 is 0 Å². The molecule has 4 heteroatoms. The molecule has 0 aromatic heterocycles. The number of halogens is 1. The van der Waals surface area contributed by atoms with E-state index in [4.69, 9.17) is 11.6 Å². The molecule has 1 saturated heterocycles. The van der Waals surface area contributed by atoms with Gasteiger partial charge in [-0.25, -0.2) is 0 Å². The molecular formula is C17H25ClN2O. The second-order valence-corrected chi connectivity index (χ2v) is 6.56. The highest BCUT2D eigenvalue weighted by Gasteiger charge is 2.25. The molecule has 1 fully saturated rings. The fourth-order valence-corrected chi connectivity index (χ4v) is 3.04. The zero-order chi connectivity index (χ0) is 15.4. The van der Waals surface area contributed by atoms with Crippen LogP contribution >= 0.6 is 11.6 Å². The van der Waals surface area contributed by atoms with Crippen LogP contribution in [-0.4, -0.2) is 36.5 Å². The lowest BCUT2D eigenvalue weighted by atomic mass is 9.96. The van der Waals surface area contributed by atoms with Crippen molar-refractivity contribution in [1.29, 1.82) is 0 Å². The number of benzene rings is 1. The number of carbonyl (C=O) groups excluding carboxylic acids is 1. The second kappa shape index (κ2) is 7.28. The largest absolute Gasteiger partial charge is 0.336 e. The summed E-state index contributed by atoms with van der Waals surface area (Å²) in [6.45, 7) is 9.03. The summed E-state index contributed by atoms with van der Waals surface area (Å²) >= 11 is 6.16. The van der Waals surface area contributed by atoms with Crippen molar-refractivity contribution in [2.24, 2.45) is 5.92 Å². The monoisotopic (exact) mass is 308 g/mol. The maximum Gasteiger partial charge on any atom is 0.254 e. The van der Waals surface area contributed by atoms with Gasteiger partial charge in [0.05, 0.1) is 0 Å². The summed E-state index contributed by atoms with van der Waals surface area (Å²) in [5.74, 6) is 0.695. The molecule has 116 valence electrons. The number of nitrogens with one attached hydrogen (secondary N) is 1. The lowest BCUT2D eigenvalue weighted by Gasteiger charge is -2.33. The first-order valence-corrected chi connectivity index (χ1v) is 8.15. The van der Waals surface area contributed by atoms with Crippen LogP contribution < -0.4 is 5.32 Å². The number of hydrogen-bond acceptors (Lipinski definition) is 2. The molecule has 3 nitrogen and oxygen atoms in total. The maximum atomic E-state index is 12.9. The Kier molecular flexibility index (Phi) is 5.65. The van der Waals surface area contributed by atoms with Crippen LogP contribution in [0.4, 0.5) is 0 Å². The minimum absolute atomic E-state index is 0.100. The lowest BCUT2D eigenvalue weighted by Crippen LogP contribution is -2.43. The summed E-state index contributed by atoms with van der Waals surface area (Å²) in [6.07, 6.45) is 2.29. The van der Waals surface area contributed by atoms with Crippen LogP contribution in [0.25, 0.3) is 0 Å². The smallest absolute Gasteiger partial charge is 0.254 e. The summed E-state index contributed by atoms with van der Waals surface area (Å²) in [6, 6.07) is 5.76. The van der Waals surface area contributed by atoms with Gasteiger partial charge >= 0.3 is 0 Å². The second-order valence-electron chi connectivity index (χ2n) is 6.16. The van der Waals surface area contributed by atoms with Crippen molar-refractivity contribution >= 4 is 17.5 Å². The van der Waals surface area contributed by atoms with Crippen LogP contribution in [0.3, 0.4) is 0 Å². The SMILES string of the molecule is Cc1c(Cl)cccc1C(=O)N(CC1CCNCC1)C(C)C. The zero-order valence-electron chi connectivity index (χ0n) is 13.2. The van der Waals surface area contributed by atoms with Crippen LogP contribution in [0.5, 0.6) is 0 Å². The number of hydrogen-bond donors (Lipinski definition) is 1. The topological polar surface area (TPSA) is 32.3 Å². The number of nitrogens with zero attached hydrogens (tertiary/aromatic N) is 1. The summed E-state index contributed by atoms with van der Waals surface area (Å²) in [7, 11) is 0. The average Bonchev–Trinajstić information content (AvgIpc) is 2.48. The van der Waals surface area contributed by atoms with Gasteiger partial charge in [-0.1, -0.05) is 17.7 Å². The molecule has 1 aromatic rings. The van der Waals surface area contributed by atoms with Crippen molar-refractivity contribution in [2.75, 3.05) is 19.6 Å². The first kappa shape index (κ1) is 16.3. The lowest BCUT2D eigenvalue weighted by molar-refractivity contribution is 0.0657. The van der Waals surface area contributed by atoms with E-state index in [1.54, 1.807) is 0 Å². The first-order valence-electron chi connectivity index (χ1n) is 7.77. The molecule has 1 aliphatic heterocycles. The van der Waals surface area contributed by atoms with Crippen LogP contribution in [0.15, 0.2) is 18.2 Å². The molecule has 0 radical (unpaired) electrons. The Hall–Kier alpha value is -1.06. The van der Waals surface area contributed by atoms with E-state index in [1.807, 2.05) is 30.0 Å². The highest BCUT2D eigenvalue weighted by molar-refractivity contribution is 6.31. The summed E-state index contributed by atoms with van der Waals surface area (Å²) in [5.41, 5.74) is 1.60. The minimum Gasteiger partial charge on any atom is -0.336 e. The highest BCUT2D eigenvalue weighted by Crippen LogP contribution is 2.23. The Bertz CT molecular complexity index is 496. The van der Waals surface area contributed by atoms with E-state index in [-0.39, 0.29) is 11.9 Å². The van der Waals surface area contributed by atoms with Gasteiger partial charge in [-0.15, -0.1) is 0 Å². The van der Waals surface area contributed by atoms with E-state index in [0.717, 1.165) is 43.6 Å². The van der Waals surface area contributed by atoms with Crippen LogP contribution in [0, 0.1) is 12.8 Å². The summed E-state index contributed by atoms with van der Waals surface area (Å²) in [5, 5.41) is 4.03. The molecule has 0 bridgehead atoms. The molecule has 0 saturated carbocycles. The fourth-order valence-electron chi connectivity index (χ4n) is 2.86. The third-order valence-electron chi connectivity index (χ3n) is 4.30. The van der Waals surface area contributed by atoms with Crippen molar-refractivity contribution in [2.45, 2.75) is 39.7 Å². The van der Waals surface area contributed by atoms with Gasteiger partial charge in [0, 0.05) is 23.2 Å². The first-order chi connectivity index (χ1) is 10.0.